The second kappa shape index (κ2) is 10.3. The largest absolute Gasteiger partial charge is 0.300 e. The Balaban J connectivity index is 0.00000137. The standard InChI is InChI=1S/C14H24O2.C2H6/c1-3-4-5-6-7-13-12(10-11(2)15)8-9-14(13)16;1-2/h12-13H,3-10H2,1-2H3;1-2H3. The molecule has 2 atom stereocenters. The lowest BCUT2D eigenvalue weighted by molar-refractivity contribution is -0.122. The van der Waals surface area contributed by atoms with Crippen molar-refractivity contribution < 1.29 is 9.59 Å². The van der Waals surface area contributed by atoms with Crippen LogP contribution in [0.3, 0.4) is 0 Å². The highest BCUT2D eigenvalue weighted by Crippen LogP contribution is 2.35. The van der Waals surface area contributed by atoms with E-state index in [2.05, 4.69) is 6.92 Å². The van der Waals surface area contributed by atoms with Gasteiger partial charge in [-0.25, -0.2) is 0 Å². The van der Waals surface area contributed by atoms with E-state index in [1.807, 2.05) is 13.8 Å². The molecule has 1 saturated carbocycles. The SMILES string of the molecule is CC.CCCCCCC1C(=O)CCC1CC(C)=O. The first-order chi connectivity index (χ1) is 8.65. The summed E-state index contributed by atoms with van der Waals surface area (Å²) in [6, 6.07) is 0. The highest BCUT2D eigenvalue weighted by Gasteiger charge is 2.34. The zero-order valence-corrected chi connectivity index (χ0v) is 12.6. The molecule has 0 aliphatic heterocycles. The first kappa shape index (κ1) is 17.3. The van der Waals surface area contributed by atoms with Crippen molar-refractivity contribution in [1.29, 1.82) is 0 Å². The molecular formula is C16H30O2. The minimum Gasteiger partial charge on any atom is -0.300 e. The zero-order chi connectivity index (χ0) is 14.0. The van der Waals surface area contributed by atoms with E-state index in [0.29, 0.717) is 24.5 Å². The van der Waals surface area contributed by atoms with Crippen molar-refractivity contribution in [3.8, 4) is 0 Å². The van der Waals surface area contributed by atoms with Crippen molar-refractivity contribution in [2.75, 3.05) is 0 Å². The first-order valence-corrected chi connectivity index (χ1v) is 7.67. The van der Waals surface area contributed by atoms with E-state index in [4.69, 9.17) is 0 Å². The molecule has 1 fully saturated rings. The molecule has 2 nitrogen and oxygen atoms in total. The van der Waals surface area contributed by atoms with Crippen LogP contribution in [0.2, 0.25) is 0 Å². The highest BCUT2D eigenvalue weighted by atomic mass is 16.1. The molecule has 0 radical (unpaired) electrons. The Morgan fingerprint density at radius 3 is 2.44 bits per heavy atom. The van der Waals surface area contributed by atoms with Gasteiger partial charge < -0.3 is 4.79 Å². The molecule has 0 spiro atoms. The van der Waals surface area contributed by atoms with E-state index in [1.165, 1.54) is 19.3 Å². The molecule has 1 aliphatic carbocycles. The zero-order valence-electron chi connectivity index (χ0n) is 12.6. The summed E-state index contributed by atoms with van der Waals surface area (Å²) in [5.41, 5.74) is 0. The molecule has 2 unspecified atom stereocenters. The van der Waals surface area contributed by atoms with Gasteiger partial charge in [0.15, 0.2) is 0 Å². The van der Waals surface area contributed by atoms with Crippen molar-refractivity contribution in [3.63, 3.8) is 0 Å². The number of ketones is 2. The summed E-state index contributed by atoms with van der Waals surface area (Å²) in [7, 11) is 0. The van der Waals surface area contributed by atoms with Crippen LogP contribution in [0, 0.1) is 11.8 Å². The third-order valence-corrected chi connectivity index (χ3v) is 3.66. The number of Topliss-reactive ketones (excluding diaryl/α,β-unsaturated/α-hetero) is 2. The van der Waals surface area contributed by atoms with Crippen LogP contribution in [-0.4, -0.2) is 11.6 Å². The average Bonchev–Trinajstić information content (AvgIpc) is 2.68. The molecule has 0 saturated heterocycles. The van der Waals surface area contributed by atoms with E-state index in [-0.39, 0.29) is 11.7 Å². The smallest absolute Gasteiger partial charge is 0.136 e. The third-order valence-electron chi connectivity index (χ3n) is 3.66. The monoisotopic (exact) mass is 254 g/mol. The Hall–Kier alpha value is -0.660. The Bertz CT molecular complexity index is 245. The molecule has 18 heavy (non-hydrogen) atoms. The second-order valence-electron chi connectivity index (χ2n) is 5.13. The molecule has 106 valence electrons. The minimum absolute atomic E-state index is 0.195. The van der Waals surface area contributed by atoms with Crippen LogP contribution in [0.25, 0.3) is 0 Å². The van der Waals surface area contributed by atoms with E-state index < -0.39 is 0 Å². The van der Waals surface area contributed by atoms with Gasteiger partial charge in [0.2, 0.25) is 0 Å². The molecule has 2 heteroatoms. The van der Waals surface area contributed by atoms with Gasteiger partial charge in [-0.05, 0) is 25.7 Å². The van der Waals surface area contributed by atoms with Crippen molar-refractivity contribution in [3.05, 3.63) is 0 Å². The fraction of sp³-hybridized carbons (Fsp3) is 0.875. The molecule has 0 aromatic rings. The number of unbranched alkanes of at least 4 members (excludes halogenated alkanes) is 3. The summed E-state index contributed by atoms with van der Waals surface area (Å²) in [5.74, 6) is 1.19. The summed E-state index contributed by atoms with van der Waals surface area (Å²) >= 11 is 0. The Morgan fingerprint density at radius 2 is 1.89 bits per heavy atom. The van der Waals surface area contributed by atoms with Crippen molar-refractivity contribution >= 4 is 11.6 Å². The highest BCUT2D eigenvalue weighted by molar-refractivity contribution is 5.85. The van der Waals surface area contributed by atoms with Crippen LogP contribution in [0.5, 0.6) is 0 Å². The number of carbonyl (C=O) groups excluding carboxylic acids is 2. The first-order valence-electron chi connectivity index (χ1n) is 7.67. The van der Waals surface area contributed by atoms with Gasteiger partial charge in [0, 0.05) is 18.8 Å². The summed E-state index contributed by atoms with van der Waals surface area (Å²) in [5, 5.41) is 0. The summed E-state index contributed by atoms with van der Waals surface area (Å²) in [6.45, 7) is 7.83. The normalized spacial score (nSPS) is 22.6. The molecule has 0 N–H and O–H groups in total. The van der Waals surface area contributed by atoms with Gasteiger partial charge in [0.05, 0.1) is 0 Å². The average molecular weight is 254 g/mol. The molecule has 0 bridgehead atoms. The molecule has 0 aromatic carbocycles. The Morgan fingerprint density at radius 1 is 1.22 bits per heavy atom. The van der Waals surface area contributed by atoms with Gasteiger partial charge >= 0.3 is 0 Å². The van der Waals surface area contributed by atoms with E-state index in [9.17, 15) is 9.59 Å². The van der Waals surface area contributed by atoms with E-state index >= 15 is 0 Å². The fourth-order valence-electron chi connectivity index (χ4n) is 2.78. The van der Waals surface area contributed by atoms with Crippen LogP contribution in [0.4, 0.5) is 0 Å². The van der Waals surface area contributed by atoms with Gasteiger partial charge in [0.25, 0.3) is 0 Å². The number of carbonyl (C=O) groups is 2. The van der Waals surface area contributed by atoms with Crippen molar-refractivity contribution in [2.45, 2.75) is 79.1 Å². The molecule has 1 aliphatic rings. The molecule has 1 rings (SSSR count). The molecule has 0 aromatic heterocycles. The predicted octanol–water partition coefficient (Wildman–Crippen LogP) is 4.56. The Labute approximate surface area is 113 Å². The van der Waals surface area contributed by atoms with Crippen LogP contribution >= 0.6 is 0 Å². The molecule has 0 amide bonds. The maximum absolute atomic E-state index is 11.7. The maximum Gasteiger partial charge on any atom is 0.136 e. The lowest BCUT2D eigenvalue weighted by Crippen LogP contribution is -2.17. The number of rotatable bonds is 7. The Kier molecular flexibility index (Phi) is 9.90. The lowest BCUT2D eigenvalue weighted by atomic mass is 9.87. The second-order valence-corrected chi connectivity index (χ2v) is 5.13. The van der Waals surface area contributed by atoms with Gasteiger partial charge in [0.1, 0.15) is 11.6 Å². The summed E-state index contributed by atoms with van der Waals surface area (Å²) < 4.78 is 0. The number of hydrogen-bond donors (Lipinski definition) is 0. The van der Waals surface area contributed by atoms with Crippen molar-refractivity contribution in [1.82, 2.24) is 0 Å². The number of hydrogen-bond acceptors (Lipinski definition) is 2. The van der Waals surface area contributed by atoms with Gasteiger partial charge in [-0.3, -0.25) is 4.79 Å². The minimum atomic E-state index is 0.195. The van der Waals surface area contributed by atoms with E-state index in [0.717, 1.165) is 19.3 Å². The van der Waals surface area contributed by atoms with Gasteiger partial charge in [-0.1, -0.05) is 46.5 Å². The summed E-state index contributed by atoms with van der Waals surface area (Å²) in [4.78, 5) is 22.8. The topological polar surface area (TPSA) is 34.1 Å². The van der Waals surface area contributed by atoms with Crippen LogP contribution in [-0.2, 0) is 9.59 Å². The van der Waals surface area contributed by atoms with Crippen molar-refractivity contribution in [2.24, 2.45) is 11.8 Å². The quantitative estimate of drug-likeness (QED) is 0.624. The van der Waals surface area contributed by atoms with Gasteiger partial charge in [-0.15, -0.1) is 0 Å². The van der Waals surface area contributed by atoms with Crippen LogP contribution in [0.15, 0.2) is 0 Å². The lowest BCUT2D eigenvalue weighted by Gasteiger charge is -2.16. The predicted molar refractivity (Wildman–Crippen MR) is 76.6 cm³/mol. The summed E-state index contributed by atoms with van der Waals surface area (Å²) in [6.07, 6.45) is 8.15. The maximum atomic E-state index is 11.7. The van der Waals surface area contributed by atoms with Crippen LogP contribution in [0.1, 0.15) is 79.1 Å². The molecule has 0 heterocycles. The third kappa shape index (κ3) is 6.32. The van der Waals surface area contributed by atoms with Gasteiger partial charge in [-0.2, -0.15) is 0 Å². The van der Waals surface area contributed by atoms with E-state index in [1.54, 1.807) is 6.92 Å². The van der Waals surface area contributed by atoms with Crippen LogP contribution < -0.4 is 0 Å². The fourth-order valence-corrected chi connectivity index (χ4v) is 2.78. The molecular weight excluding hydrogens is 224 g/mol.